The number of hydrogen-bond donors (Lipinski definition) is 2. The van der Waals surface area contributed by atoms with Crippen LogP contribution < -0.4 is 5.32 Å². The van der Waals surface area contributed by atoms with Gasteiger partial charge in [-0.05, 0) is 50.3 Å². The molecule has 154 valence electrons. The molecule has 3 heterocycles. The lowest BCUT2D eigenvalue weighted by Gasteiger charge is -2.39. The lowest BCUT2D eigenvalue weighted by molar-refractivity contribution is 0.0658. The fraction of sp³-hybridized carbons (Fsp3) is 0.375. The van der Waals surface area contributed by atoms with Crippen LogP contribution in [0.15, 0.2) is 48.7 Å². The summed E-state index contributed by atoms with van der Waals surface area (Å²) in [5.74, 6) is 1.88. The van der Waals surface area contributed by atoms with E-state index in [1.54, 1.807) is 6.20 Å². The Morgan fingerprint density at radius 1 is 1.10 bits per heavy atom. The molecule has 0 atom stereocenters. The molecule has 6 nitrogen and oxygen atoms in total. The largest absolute Gasteiger partial charge is 0.366 e. The van der Waals surface area contributed by atoms with Gasteiger partial charge in [-0.15, -0.1) is 0 Å². The zero-order valence-corrected chi connectivity index (χ0v) is 17.3. The Morgan fingerprint density at radius 2 is 1.90 bits per heavy atom. The monoisotopic (exact) mass is 401 g/mol. The number of hydrogen-bond acceptors (Lipinski definition) is 4. The lowest BCUT2D eigenvalue weighted by atomic mass is 9.76. The van der Waals surface area contributed by atoms with Gasteiger partial charge in [0.1, 0.15) is 17.3 Å². The molecular formula is C24H27N5O. The van der Waals surface area contributed by atoms with Crippen LogP contribution in [0.4, 0.5) is 5.82 Å². The Morgan fingerprint density at radius 3 is 2.63 bits per heavy atom. The summed E-state index contributed by atoms with van der Waals surface area (Å²) in [5, 5.41) is 3.55. The SMILES string of the molecule is Cc1nc(NCc2ccccc2)c2c(n1)C1(CC2)CCN(C(=O)c2ccc[nH]2)CC1. The van der Waals surface area contributed by atoms with E-state index < -0.39 is 0 Å². The topological polar surface area (TPSA) is 73.9 Å². The molecule has 1 fully saturated rings. The Hall–Kier alpha value is -3.15. The minimum absolute atomic E-state index is 0.0682. The zero-order chi connectivity index (χ0) is 20.6. The van der Waals surface area contributed by atoms with Crippen molar-refractivity contribution in [2.45, 2.75) is 44.6 Å². The summed E-state index contributed by atoms with van der Waals surface area (Å²) in [6.45, 7) is 4.28. The highest BCUT2D eigenvalue weighted by Gasteiger charge is 2.44. The number of fused-ring (bicyclic) bond motifs is 2. The quantitative estimate of drug-likeness (QED) is 0.697. The van der Waals surface area contributed by atoms with Gasteiger partial charge in [-0.2, -0.15) is 0 Å². The first-order valence-electron chi connectivity index (χ1n) is 10.7. The molecule has 1 aliphatic heterocycles. The van der Waals surface area contributed by atoms with Crippen LogP contribution in [-0.2, 0) is 18.4 Å². The average molecular weight is 402 g/mol. The summed E-state index contributed by atoms with van der Waals surface area (Å²) in [7, 11) is 0. The standard InChI is InChI=1S/C24H27N5O/c1-17-27-21-19(22(28-17)26-16-18-6-3-2-4-7-18)9-10-24(21)11-14-29(15-12-24)23(30)20-8-5-13-25-20/h2-8,13,25H,9-12,14-16H2,1H3,(H,26,27,28). The lowest BCUT2D eigenvalue weighted by Crippen LogP contribution is -2.44. The van der Waals surface area contributed by atoms with Crippen LogP contribution in [0.1, 0.15) is 52.4 Å². The number of nitrogens with one attached hydrogen (secondary N) is 2. The zero-order valence-electron chi connectivity index (χ0n) is 17.3. The molecule has 2 N–H and O–H groups in total. The minimum atomic E-state index is 0.0682. The summed E-state index contributed by atoms with van der Waals surface area (Å²) in [6, 6.07) is 14.1. The molecule has 30 heavy (non-hydrogen) atoms. The molecule has 1 saturated heterocycles. The molecule has 2 aromatic heterocycles. The van der Waals surface area contributed by atoms with Gasteiger partial charge in [0.05, 0.1) is 5.69 Å². The fourth-order valence-electron chi connectivity index (χ4n) is 4.94. The number of H-pyrrole nitrogens is 1. The van der Waals surface area contributed by atoms with Crippen molar-refractivity contribution < 1.29 is 4.79 Å². The number of likely N-dealkylation sites (tertiary alicyclic amines) is 1. The van der Waals surface area contributed by atoms with E-state index in [1.807, 2.05) is 30.0 Å². The van der Waals surface area contributed by atoms with Crippen LogP contribution in [-0.4, -0.2) is 38.8 Å². The first-order valence-corrected chi connectivity index (χ1v) is 10.7. The van der Waals surface area contributed by atoms with Gasteiger partial charge < -0.3 is 15.2 Å². The maximum Gasteiger partial charge on any atom is 0.270 e. The van der Waals surface area contributed by atoms with E-state index >= 15 is 0 Å². The predicted octanol–water partition coefficient (Wildman–Crippen LogP) is 3.85. The molecule has 0 radical (unpaired) electrons. The summed E-state index contributed by atoms with van der Waals surface area (Å²) in [5.41, 5.74) is 4.45. The second kappa shape index (κ2) is 7.59. The molecule has 0 unspecified atom stereocenters. The minimum Gasteiger partial charge on any atom is -0.366 e. The van der Waals surface area contributed by atoms with Crippen LogP contribution in [0.25, 0.3) is 0 Å². The molecule has 1 aromatic carbocycles. The van der Waals surface area contributed by atoms with Crippen LogP contribution >= 0.6 is 0 Å². The molecule has 2 aliphatic rings. The molecule has 6 heteroatoms. The van der Waals surface area contributed by atoms with E-state index in [9.17, 15) is 4.79 Å². The Labute approximate surface area is 176 Å². The van der Waals surface area contributed by atoms with Crippen molar-refractivity contribution in [3.05, 3.63) is 77.0 Å². The van der Waals surface area contributed by atoms with Crippen LogP contribution in [0.3, 0.4) is 0 Å². The first-order chi connectivity index (χ1) is 14.6. The third-order valence-electron chi connectivity index (χ3n) is 6.61. The highest BCUT2D eigenvalue weighted by atomic mass is 16.2. The molecule has 1 amide bonds. The Bertz CT molecular complexity index is 1040. The number of carbonyl (C=O) groups excluding carboxylic acids is 1. The predicted molar refractivity (Wildman–Crippen MR) is 116 cm³/mol. The van der Waals surface area contributed by atoms with Crippen molar-refractivity contribution >= 4 is 11.7 Å². The number of amides is 1. The molecule has 5 rings (SSSR count). The van der Waals surface area contributed by atoms with Gasteiger partial charge in [0.2, 0.25) is 0 Å². The third kappa shape index (κ3) is 3.36. The molecular weight excluding hydrogens is 374 g/mol. The summed E-state index contributed by atoms with van der Waals surface area (Å²) in [6.07, 6.45) is 5.81. The third-order valence-corrected chi connectivity index (χ3v) is 6.61. The first kappa shape index (κ1) is 18.9. The van der Waals surface area contributed by atoms with E-state index in [-0.39, 0.29) is 11.3 Å². The van der Waals surface area contributed by atoms with Crippen LogP contribution in [0, 0.1) is 6.92 Å². The van der Waals surface area contributed by atoms with E-state index in [2.05, 4.69) is 34.6 Å². The maximum atomic E-state index is 12.7. The summed E-state index contributed by atoms with van der Waals surface area (Å²) >= 11 is 0. The van der Waals surface area contributed by atoms with Crippen LogP contribution in [0.2, 0.25) is 0 Å². The Balaban J connectivity index is 1.34. The number of benzene rings is 1. The second-order valence-electron chi connectivity index (χ2n) is 8.44. The smallest absolute Gasteiger partial charge is 0.270 e. The van der Waals surface area contributed by atoms with Gasteiger partial charge in [-0.3, -0.25) is 4.79 Å². The number of aromatic amines is 1. The number of piperidine rings is 1. The number of rotatable bonds is 4. The van der Waals surface area contributed by atoms with Gasteiger partial charge in [-0.1, -0.05) is 30.3 Å². The van der Waals surface area contributed by atoms with Crippen molar-refractivity contribution in [2.24, 2.45) is 0 Å². The molecule has 1 aliphatic carbocycles. The molecule has 3 aromatic rings. The molecule has 1 spiro atoms. The number of anilines is 1. The van der Waals surface area contributed by atoms with E-state index in [4.69, 9.17) is 9.97 Å². The van der Waals surface area contributed by atoms with Crippen molar-refractivity contribution in [1.29, 1.82) is 0 Å². The van der Waals surface area contributed by atoms with Crippen molar-refractivity contribution in [3.63, 3.8) is 0 Å². The number of nitrogens with zero attached hydrogens (tertiary/aromatic N) is 3. The molecule has 0 bridgehead atoms. The van der Waals surface area contributed by atoms with Gasteiger partial charge in [0, 0.05) is 36.8 Å². The van der Waals surface area contributed by atoms with Gasteiger partial charge >= 0.3 is 0 Å². The van der Waals surface area contributed by atoms with Gasteiger partial charge in [0.15, 0.2) is 0 Å². The van der Waals surface area contributed by atoms with Gasteiger partial charge in [0.25, 0.3) is 5.91 Å². The normalized spacial score (nSPS) is 17.2. The average Bonchev–Trinajstić information content (AvgIpc) is 3.43. The van der Waals surface area contributed by atoms with Crippen molar-refractivity contribution in [1.82, 2.24) is 19.9 Å². The number of carbonyl (C=O) groups is 1. The highest BCUT2D eigenvalue weighted by molar-refractivity contribution is 5.92. The maximum absolute atomic E-state index is 12.7. The number of aromatic nitrogens is 3. The van der Waals surface area contributed by atoms with Crippen molar-refractivity contribution in [2.75, 3.05) is 18.4 Å². The van der Waals surface area contributed by atoms with Gasteiger partial charge in [-0.25, -0.2) is 9.97 Å². The fourth-order valence-corrected chi connectivity index (χ4v) is 4.94. The van der Waals surface area contributed by atoms with Crippen molar-refractivity contribution in [3.8, 4) is 0 Å². The van der Waals surface area contributed by atoms with E-state index in [1.165, 1.54) is 16.8 Å². The van der Waals surface area contributed by atoms with E-state index in [0.717, 1.165) is 57.0 Å². The Kier molecular flexibility index (Phi) is 4.77. The van der Waals surface area contributed by atoms with Crippen LogP contribution in [0.5, 0.6) is 0 Å². The summed E-state index contributed by atoms with van der Waals surface area (Å²) in [4.78, 5) is 27.3. The highest BCUT2D eigenvalue weighted by Crippen LogP contribution is 2.47. The number of aryl methyl sites for hydroxylation is 1. The summed E-state index contributed by atoms with van der Waals surface area (Å²) < 4.78 is 0. The second-order valence-corrected chi connectivity index (χ2v) is 8.44. The van der Waals surface area contributed by atoms with E-state index in [0.29, 0.717) is 5.69 Å². The molecule has 0 saturated carbocycles.